The van der Waals surface area contributed by atoms with Crippen LogP contribution in [0.2, 0.25) is 0 Å². The zero-order valence-electron chi connectivity index (χ0n) is 16.8. The minimum atomic E-state index is 0.116. The van der Waals surface area contributed by atoms with E-state index in [2.05, 4.69) is 18.7 Å². The van der Waals surface area contributed by atoms with E-state index in [9.17, 15) is 4.79 Å². The van der Waals surface area contributed by atoms with Crippen LogP contribution in [0.25, 0.3) is 6.08 Å². The molecule has 2 unspecified atom stereocenters. The van der Waals surface area contributed by atoms with E-state index in [0.717, 1.165) is 30.5 Å². The Morgan fingerprint density at radius 1 is 1.19 bits per heavy atom. The van der Waals surface area contributed by atoms with Gasteiger partial charge in [0, 0.05) is 30.0 Å². The summed E-state index contributed by atoms with van der Waals surface area (Å²) in [5.74, 6) is 3.21. The number of nitrogens with zero attached hydrogens (tertiary/aromatic N) is 1. The number of thioether (sulfide) groups is 1. The van der Waals surface area contributed by atoms with Crippen LogP contribution in [0.3, 0.4) is 0 Å². The Bertz CT molecular complexity index is 573. The van der Waals surface area contributed by atoms with Gasteiger partial charge in [0.15, 0.2) is 0 Å². The van der Waals surface area contributed by atoms with Gasteiger partial charge in [0.25, 0.3) is 0 Å². The first-order valence-corrected chi connectivity index (χ1v) is 11.9. The second-order valence-corrected chi connectivity index (χ2v) is 9.51. The summed E-state index contributed by atoms with van der Waals surface area (Å²) in [5, 5.41) is 0.605. The number of rotatable bonds is 6. The van der Waals surface area contributed by atoms with Gasteiger partial charge in [-0.25, -0.2) is 0 Å². The second kappa shape index (κ2) is 11.0. The molecule has 27 heavy (non-hydrogen) atoms. The van der Waals surface area contributed by atoms with Gasteiger partial charge in [-0.2, -0.15) is 11.8 Å². The smallest absolute Gasteiger partial charge is 0.246 e. The SMILES string of the molecule is CCN(CC1CC(C2CCCCCCCC2)CS1)C(=O)/C=C/c1ccoc1. The number of carbonyl (C=O) groups is 1. The summed E-state index contributed by atoms with van der Waals surface area (Å²) in [6.07, 6.45) is 19.6. The fourth-order valence-corrected chi connectivity index (χ4v) is 6.18. The molecule has 0 bridgehead atoms. The third-order valence-electron chi connectivity index (χ3n) is 6.26. The molecule has 0 spiro atoms. The predicted molar refractivity (Wildman–Crippen MR) is 115 cm³/mol. The van der Waals surface area contributed by atoms with Gasteiger partial charge in [-0.3, -0.25) is 4.79 Å². The van der Waals surface area contributed by atoms with E-state index >= 15 is 0 Å². The summed E-state index contributed by atoms with van der Waals surface area (Å²) < 4.78 is 5.06. The summed E-state index contributed by atoms with van der Waals surface area (Å²) in [6.45, 7) is 3.75. The average molecular weight is 390 g/mol. The van der Waals surface area contributed by atoms with Crippen LogP contribution in [0.5, 0.6) is 0 Å². The van der Waals surface area contributed by atoms with Crippen molar-refractivity contribution in [3.05, 3.63) is 30.2 Å². The number of likely N-dealkylation sites (N-methyl/N-ethyl adjacent to an activating group) is 1. The zero-order chi connectivity index (χ0) is 18.9. The van der Waals surface area contributed by atoms with Crippen molar-refractivity contribution in [1.29, 1.82) is 0 Å². The molecule has 1 saturated heterocycles. The Morgan fingerprint density at radius 2 is 1.93 bits per heavy atom. The van der Waals surface area contributed by atoms with E-state index in [1.54, 1.807) is 18.6 Å². The van der Waals surface area contributed by atoms with Crippen LogP contribution >= 0.6 is 11.8 Å². The van der Waals surface area contributed by atoms with Gasteiger partial charge in [0.2, 0.25) is 5.91 Å². The Morgan fingerprint density at radius 3 is 2.59 bits per heavy atom. The molecule has 2 fully saturated rings. The predicted octanol–water partition coefficient (Wildman–Crippen LogP) is 6.01. The number of hydrogen-bond donors (Lipinski definition) is 0. The number of carbonyl (C=O) groups excluding carboxylic acids is 1. The highest BCUT2D eigenvalue weighted by molar-refractivity contribution is 8.00. The highest BCUT2D eigenvalue weighted by atomic mass is 32.2. The summed E-state index contributed by atoms with van der Waals surface area (Å²) in [4.78, 5) is 14.6. The van der Waals surface area contributed by atoms with Crippen LogP contribution in [-0.2, 0) is 4.79 Å². The number of hydrogen-bond acceptors (Lipinski definition) is 3. The molecule has 1 amide bonds. The Balaban J connectivity index is 1.48. The van der Waals surface area contributed by atoms with E-state index in [-0.39, 0.29) is 5.91 Å². The average Bonchev–Trinajstić information content (AvgIpc) is 3.37. The van der Waals surface area contributed by atoms with Crippen LogP contribution in [0.1, 0.15) is 70.3 Å². The van der Waals surface area contributed by atoms with Crippen molar-refractivity contribution in [3.63, 3.8) is 0 Å². The van der Waals surface area contributed by atoms with Gasteiger partial charge in [-0.1, -0.05) is 51.4 Å². The molecule has 4 heteroatoms. The van der Waals surface area contributed by atoms with Gasteiger partial charge < -0.3 is 9.32 Å². The van der Waals surface area contributed by atoms with Crippen molar-refractivity contribution in [1.82, 2.24) is 4.90 Å². The molecule has 1 aromatic rings. The normalized spacial score (nSPS) is 25.2. The molecular formula is C23H35NO2S. The summed E-state index contributed by atoms with van der Waals surface area (Å²) >= 11 is 2.11. The molecule has 0 aromatic carbocycles. The fraction of sp³-hybridized carbons (Fsp3) is 0.696. The molecule has 1 aliphatic carbocycles. The molecule has 2 atom stereocenters. The standard InChI is InChI=1S/C23H35NO2S/c1-2-24(23(25)12-11-19-13-14-26-17-19)16-22-15-21(18-27-22)20-9-7-5-3-4-6-8-10-20/h11-14,17,20-22H,2-10,15-16,18H2,1H3/b12-11+. The third-order valence-corrected chi connectivity index (χ3v) is 7.69. The second-order valence-electron chi connectivity index (χ2n) is 8.18. The largest absolute Gasteiger partial charge is 0.472 e. The molecule has 2 aliphatic rings. The van der Waals surface area contributed by atoms with Crippen molar-refractivity contribution in [3.8, 4) is 0 Å². The zero-order valence-corrected chi connectivity index (χ0v) is 17.6. The lowest BCUT2D eigenvalue weighted by molar-refractivity contribution is -0.125. The molecule has 1 aromatic heterocycles. The quantitative estimate of drug-likeness (QED) is 0.558. The molecule has 1 saturated carbocycles. The van der Waals surface area contributed by atoms with Gasteiger partial charge >= 0.3 is 0 Å². The Labute approximate surface area is 169 Å². The van der Waals surface area contributed by atoms with Crippen LogP contribution < -0.4 is 0 Å². The summed E-state index contributed by atoms with van der Waals surface area (Å²) in [7, 11) is 0. The number of furan rings is 1. The molecule has 0 N–H and O–H groups in total. The van der Waals surface area contributed by atoms with Crippen LogP contribution in [-0.4, -0.2) is 34.9 Å². The monoisotopic (exact) mass is 389 g/mol. The molecule has 2 heterocycles. The maximum Gasteiger partial charge on any atom is 0.246 e. The Hall–Kier alpha value is -1.16. The molecule has 1 aliphatic heterocycles. The first kappa shape index (κ1) is 20.6. The maximum atomic E-state index is 12.6. The van der Waals surface area contributed by atoms with E-state index in [0.29, 0.717) is 5.25 Å². The molecule has 150 valence electrons. The van der Waals surface area contributed by atoms with Gasteiger partial charge in [-0.05, 0) is 43.1 Å². The van der Waals surface area contributed by atoms with Crippen LogP contribution in [0, 0.1) is 11.8 Å². The van der Waals surface area contributed by atoms with Crippen LogP contribution in [0.4, 0.5) is 0 Å². The van der Waals surface area contributed by atoms with Crippen molar-refractivity contribution >= 4 is 23.7 Å². The summed E-state index contributed by atoms with van der Waals surface area (Å²) in [5.41, 5.74) is 0.940. The molecule has 3 nitrogen and oxygen atoms in total. The topological polar surface area (TPSA) is 33.5 Å². The maximum absolute atomic E-state index is 12.6. The van der Waals surface area contributed by atoms with E-state index < -0.39 is 0 Å². The Kier molecular flexibility index (Phi) is 8.37. The molecule has 3 rings (SSSR count). The highest BCUT2D eigenvalue weighted by Crippen LogP contribution is 2.40. The van der Waals surface area contributed by atoms with Gasteiger partial charge in [0.05, 0.1) is 12.5 Å². The molecular weight excluding hydrogens is 354 g/mol. The van der Waals surface area contributed by atoms with E-state index in [1.165, 1.54) is 63.5 Å². The fourth-order valence-electron chi connectivity index (χ4n) is 4.59. The first-order valence-electron chi connectivity index (χ1n) is 10.9. The van der Waals surface area contributed by atoms with Crippen molar-refractivity contribution in [2.45, 2.75) is 70.0 Å². The lowest BCUT2D eigenvalue weighted by Crippen LogP contribution is -2.34. The first-order chi connectivity index (χ1) is 13.3. The molecule has 0 radical (unpaired) electrons. The van der Waals surface area contributed by atoms with Crippen molar-refractivity contribution < 1.29 is 9.21 Å². The minimum absolute atomic E-state index is 0.116. The summed E-state index contributed by atoms with van der Waals surface area (Å²) in [6, 6.07) is 1.87. The minimum Gasteiger partial charge on any atom is -0.472 e. The number of amides is 1. The lowest BCUT2D eigenvalue weighted by atomic mass is 9.83. The highest BCUT2D eigenvalue weighted by Gasteiger charge is 2.32. The van der Waals surface area contributed by atoms with E-state index in [1.807, 2.05) is 17.0 Å². The van der Waals surface area contributed by atoms with Crippen molar-refractivity contribution in [2.75, 3.05) is 18.8 Å². The van der Waals surface area contributed by atoms with Gasteiger partial charge in [-0.15, -0.1) is 0 Å². The lowest BCUT2D eigenvalue weighted by Gasteiger charge is -2.25. The van der Waals surface area contributed by atoms with Gasteiger partial charge in [0.1, 0.15) is 0 Å². The third kappa shape index (κ3) is 6.44. The van der Waals surface area contributed by atoms with Crippen LogP contribution in [0.15, 0.2) is 29.1 Å². The van der Waals surface area contributed by atoms with Crippen molar-refractivity contribution in [2.24, 2.45) is 11.8 Å². The van der Waals surface area contributed by atoms with E-state index in [4.69, 9.17) is 4.42 Å².